The number of cyclic esters (lactones) is 1. The topological polar surface area (TPSA) is 94.2 Å². The van der Waals surface area contributed by atoms with Crippen LogP contribution in [0.25, 0.3) is 0 Å². The smallest absolute Gasteiger partial charge is 0.410 e. The molecule has 0 saturated carbocycles. The van der Waals surface area contributed by atoms with E-state index in [9.17, 15) is 14.4 Å². The number of carbonyl (C=O) groups is 3. The highest BCUT2D eigenvalue weighted by Crippen LogP contribution is 2.24. The number of rotatable bonds is 14. The minimum absolute atomic E-state index is 0.153. The van der Waals surface area contributed by atoms with Crippen molar-refractivity contribution in [3.8, 4) is 5.75 Å². The van der Waals surface area contributed by atoms with Gasteiger partial charge in [0.1, 0.15) is 18.5 Å². The number of carbonyl (C=O) groups excluding carboxylic acids is 3. The first kappa shape index (κ1) is 27.0. The maximum atomic E-state index is 12.3. The molecule has 3 amide bonds. The number of thioether (sulfide) groups is 1. The molecule has 1 N–H and O–H groups in total. The van der Waals surface area contributed by atoms with Crippen LogP contribution in [0.5, 0.6) is 5.75 Å². The minimum atomic E-state index is -0.392. The molecule has 9 heteroatoms. The van der Waals surface area contributed by atoms with Crippen LogP contribution >= 0.6 is 11.8 Å². The Labute approximate surface area is 222 Å². The third-order valence-corrected chi connectivity index (χ3v) is 7.42. The van der Waals surface area contributed by atoms with Crippen LogP contribution in [-0.4, -0.2) is 65.9 Å². The van der Waals surface area contributed by atoms with Crippen molar-refractivity contribution in [2.24, 2.45) is 0 Å². The summed E-state index contributed by atoms with van der Waals surface area (Å²) in [6, 6.07) is 17.8. The largest absolute Gasteiger partial charge is 0.491 e. The lowest BCUT2D eigenvalue weighted by Gasteiger charge is -2.22. The first-order valence-corrected chi connectivity index (χ1v) is 13.7. The van der Waals surface area contributed by atoms with E-state index in [1.165, 1.54) is 5.56 Å². The molecule has 37 heavy (non-hydrogen) atoms. The number of imide groups is 1. The molecule has 2 aromatic rings. The Balaban J connectivity index is 1.09. The maximum absolute atomic E-state index is 12.3. The van der Waals surface area contributed by atoms with Crippen molar-refractivity contribution in [3.05, 3.63) is 65.7 Å². The molecule has 2 fully saturated rings. The summed E-state index contributed by atoms with van der Waals surface area (Å²) in [5.41, 5.74) is 2.31. The van der Waals surface area contributed by atoms with Crippen LogP contribution in [0.2, 0.25) is 0 Å². The highest BCUT2D eigenvalue weighted by atomic mass is 32.2. The van der Waals surface area contributed by atoms with Gasteiger partial charge in [-0.2, -0.15) is 0 Å². The van der Waals surface area contributed by atoms with Crippen LogP contribution in [0.15, 0.2) is 54.6 Å². The molecule has 198 valence electrons. The molecule has 3 unspecified atom stereocenters. The van der Waals surface area contributed by atoms with Gasteiger partial charge in [-0.1, -0.05) is 60.6 Å². The fourth-order valence-electron chi connectivity index (χ4n) is 4.33. The van der Waals surface area contributed by atoms with Crippen LogP contribution in [0.1, 0.15) is 37.3 Å². The van der Waals surface area contributed by atoms with E-state index in [0.717, 1.165) is 43.0 Å². The van der Waals surface area contributed by atoms with E-state index in [0.29, 0.717) is 38.5 Å². The third-order valence-electron chi connectivity index (χ3n) is 6.44. The predicted octanol–water partition coefficient (Wildman–Crippen LogP) is 4.60. The Kier molecular flexibility index (Phi) is 9.85. The molecule has 0 radical (unpaired) electrons. The SMILES string of the molecule is CC(COc1ccc(CC2SC(=O)NC2=O)cc1)N1CC(COCCCCCc2ccccc2)OC1=O. The molecule has 2 heterocycles. The number of aryl methyl sites for hydroxylation is 1. The molecule has 2 aliphatic heterocycles. The lowest BCUT2D eigenvalue weighted by Crippen LogP contribution is -2.38. The van der Waals surface area contributed by atoms with Gasteiger partial charge in [-0.05, 0) is 55.9 Å². The molecular formula is C28H34N2O6S. The van der Waals surface area contributed by atoms with Gasteiger partial charge in [0.25, 0.3) is 5.24 Å². The third kappa shape index (κ3) is 8.23. The van der Waals surface area contributed by atoms with Crippen molar-refractivity contribution in [2.75, 3.05) is 26.4 Å². The Bertz CT molecular complexity index is 1050. The molecular weight excluding hydrogens is 492 g/mol. The van der Waals surface area contributed by atoms with Gasteiger partial charge in [-0.3, -0.25) is 19.8 Å². The Hall–Kier alpha value is -3.04. The number of unbranched alkanes of at least 4 members (excludes halogenated alkanes) is 2. The number of benzene rings is 2. The zero-order chi connectivity index (χ0) is 26.0. The van der Waals surface area contributed by atoms with E-state index in [1.807, 2.05) is 37.3 Å². The second-order valence-corrected chi connectivity index (χ2v) is 10.6. The van der Waals surface area contributed by atoms with Crippen LogP contribution < -0.4 is 10.1 Å². The van der Waals surface area contributed by atoms with Crippen molar-refractivity contribution in [3.63, 3.8) is 0 Å². The summed E-state index contributed by atoms with van der Waals surface area (Å²) in [6.45, 7) is 3.81. The van der Waals surface area contributed by atoms with Crippen LogP contribution in [0.3, 0.4) is 0 Å². The van der Waals surface area contributed by atoms with Gasteiger partial charge in [0.2, 0.25) is 5.91 Å². The number of amides is 3. The minimum Gasteiger partial charge on any atom is -0.491 e. The van der Waals surface area contributed by atoms with Crippen molar-refractivity contribution in [1.82, 2.24) is 10.2 Å². The molecule has 2 saturated heterocycles. The van der Waals surface area contributed by atoms with Gasteiger partial charge in [0, 0.05) is 6.61 Å². The molecule has 0 spiro atoms. The monoisotopic (exact) mass is 526 g/mol. The fraction of sp³-hybridized carbons (Fsp3) is 0.464. The Morgan fingerprint density at radius 2 is 1.81 bits per heavy atom. The first-order chi connectivity index (χ1) is 18.0. The number of nitrogens with one attached hydrogen (secondary N) is 1. The zero-order valence-corrected chi connectivity index (χ0v) is 21.9. The summed E-state index contributed by atoms with van der Waals surface area (Å²) in [6.07, 6.45) is 4.19. The zero-order valence-electron chi connectivity index (χ0n) is 21.1. The first-order valence-electron chi connectivity index (χ1n) is 12.8. The standard InChI is InChI=1S/C28H34N2O6S/c1-20(18-35-23-13-11-22(12-14-23)16-25-26(31)29-27(32)37-25)30-17-24(36-28(30)33)19-34-15-7-3-6-10-21-8-4-2-5-9-21/h2,4-5,8-9,11-14,20,24-25H,3,6-7,10,15-19H2,1H3,(H,29,31,32). The summed E-state index contributed by atoms with van der Waals surface area (Å²) in [4.78, 5) is 37.1. The second kappa shape index (κ2) is 13.5. The summed E-state index contributed by atoms with van der Waals surface area (Å²) in [5, 5.41) is 1.61. The van der Waals surface area contributed by atoms with E-state index in [2.05, 4.69) is 29.6 Å². The average molecular weight is 527 g/mol. The number of hydrogen-bond acceptors (Lipinski definition) is 7. The van der Waals surface area contributed by atoms with E-state index in [-0.39, 0.29) is 29.4 Å². The van der Waals surface area contributed by atoms with Gasteiger partial charge in [0.15, 0.2) is 0 Å². The molecule has 3 atom stereocenters. The quantitative estimate of drug-likeness (QED) is 0.360. The number of hydrogen-bond donors (Lipinski definition) is 1. The molecule has 2 aliphatic rings. The highest BCUT2D eigenvalue weighted by Gasteiger charge is 2.35. The molecule has 8 nitrogen and oxygen atoms in total. The van der Waals surface area contributed by atoms with E-state index in [4.69, 9.17) is 14.2 Å². The normalized spacial score (nSPS) is 20.1. The van der Waals surface area contributed by atoms with E-state index < -0.39 is 5.25 Å². The lowest BCUT2D eigenvalue weighted by atomic mass is 10.1. The van der Waals surface area contributed by atoms with Gasteiger partial charge < -0.3 is 14.2 Å². The van der Waals surface area contributed by atoms with Gasteiger partial charge in [-0.15, -0.1) is 0 Å². The predicted molar refractivity (Wildman–Crippen MR) is 142 cm³/mol. The molecule has 0 aliphatic carbocycles. The summed E-state index contributed by atoms with van der Waals surface area (Å²) in [5.74, 6) is 0.430. The Morgan fingerprint density at radius 1 is 1.03 bits per heavy atom. The van der Waals surface area contributed by atoms with Crippen LogP contribution in [0, 0.1) is 0 Å². The van der Waals surface area contributed by atoms with Crippen molar-refractivity contribution >= 4 is 29.0 Å². The van der Waals surface area contributed by atoms with Crippen LogP contribution in [0.4, 0.5) is 9.59 Å². The number of nitrogens with zero attached hydrogens (tertiary/aromatic N) is 1. The maximum Gasteiger partial charge on any atom is 0.410 e. The Morgan fingerprint density at radius 3 is 2.54 bits per heavy atom. The van der Waals surface area contributed by atoms with Gasteiger partial charge in [0.05, 0.1) is 24.4 Å². The van der Waals surface area contributed by atoms with Crippen LogP contribution in [-0.2, 0) is 27.1 Å². The van der Waals surface area contributed by atoms with Crippen molar-refractivity contribution in [1.29, 1.82) is 0 Å². The molecule has 4 rings (SSSR count). The summed E-state index contributed by atoms with van der Waals surface area (Å²) in [7, 11) is 0. The molecule has 2 aromatic carbocycles. The average Bonchev–Trinajstić information content (AvgIpc) is 3.43. The summed E-state index contributed by atoms with van der Waals surface area (Å²) >= 11 is 1.02. The highest BCUT2D eigenvalue weighted by molar-refractivity contribution is 8.15. The molecule has 0 aromatic heterocycles. The van der Waals surface area contributed by atoms with Gasteiger partial charge in [-0.25, -0.2) is 4.79 Å². The summed E-state index contributed by atoms with van der Waals surface area (Å²) < 4.78 is 17.1. The van der Waals surface area contributed by atoms with E-state index >= 15 is 0 Å². The lowest BCUT2D eigenvalue weighted by molar-refractivity contribution is -0.118. The van der Waals surface area contributed by atoms with E-state index in [1.54, 1.807) is 4.90 Å². The van der Waals surface area contributed by atoms with Crippen molar-refractivity contribution in [2.45, 2.75) is 56.4 Å². The van der Waals surface area contributed by atoms with Crippen molar-refractivity contribution < 1.29 is 28.6 Å². The molecule has 0 bridgehead atoms. The van der Waals surface area contributed by atoms with Gasteiger partial charge >= 0.3 is 6.09 Å². The second-order valence-electron chi connectivity index (χ2n) is 9.42. The number of ether oxygens (including phenoxy) is 3. The fourth-order valence-corrected chi connectivity index (χ4v) is 5.19.